The maximum absolute atomic E-state index is 6.06. The van der Waals surface area contributed by atoms with Crippen molar-refractivity contribution in [1.29, 1.82) is 0 Å². The molecule has 0 atom stereocenters. The Bertz CT molecular complexity index is 599. The average molecular weight is 364 g/mol. The van der Waals surface area contributed by atoms with Gasteiger partial charge in [-0.25, -0.2) is 0 Å². The predicted molar refractivity (Wildman–Crippen MR) is 81.1 cm³/mol. The van der Waals surface area contributed by atoms with Crippen LogP contribution in [-0.4, -0.2) is 9.78 Å². The zero-order chi connectivity index (χ0) is 14.0. The van der Waals surface area contributed by atoms with Crippen molar-refractivity contribution in [3.63, 3.8) is 0 Å². The third-order valence-corrected chi connectivity index (χ3v) is 4.21. The normalized spacial score (nSPS) is 10.8. The molecule has 6 heteroatoms. The number of halogens is 3. The molecule has 1 aromatic carbocycles. The molecular weight excluding hydrogens is 351 g/mol. The molecule has 0 saturated carbocycles. The van der Waals surface area contributed by atoms with E-state index < -0.39 is 0 Å². The van der Waals surface area contributed by atoms with E-state index in [0.717, 1.165) is 22.3 Å². The Balaban J connectivity index is 2.16. The fraction of sp³-hybridized carbons (Fsp3) is 0.308. The SMILES string of the molecule is CCc1nn(C)c(COc2ccc(Cl)cc2Cl)c1Br. The van der Waals surface area contributed by atoms with Crippen molar-refractivity contribution < 1.29 is 4.74 Å². The van der Waals surface area contributed by atoms with Crippen molar-refractivity contribution >= 4 is 39.1 Å². The highest BCUT2D eigenvalue weighted by Crippen LogP contribution is 2.29. The van der Waals surface area contributed by atoms with Gasteiger partial charge < -0.3 is 4.74 Å². The summed E-state index contributed by atoms with van der Waals surface area (Å²) in [4.78, 5) is 0. The molecular formula is C13H13BrCl2N2O. The molecule has 0 bridgehead atoms. The molecule has 2 aromatic rings. The van der Waals surface area contributed by atoms with Crippen molar-refractivity contribution in [2.24, 2.45) is 7.05 Å². The number of aryl methyl sites for hydroxylation is 2. The summed E-state index contributed by atoms with van der Waals surface area (Å²) in [6.45, 7) is 2.46. The topological polar surface area (TPSA) is 27.1 Å². The number of hydrogen-bond donors (Lipinski definition) is 0. The number of benzene rings is 1. The smallest absolute Gasteiger partial charge is 0.138 e. The van der Waals surface area contributed by atoms with Gasteiger partial charge in [0.15, 0.2) is 0 Å². The lowest BCUT2D eigenvalue weighted by Gasteiger charge is -2.09. The zero-order valence-corrected chi connectivity index (χ0v) is 13.7. The summed E-state index contributed by atoms with van der Waals surface area (Å²) >= 11 is 15.5. The van der Waals surface area contributed by atoms with Crippen molar-refractivity contribution in [3.8, 4) is 5.75 Å². The zero-order valence-electron chi connectivity index (χ0n) is 10.6. The van der Waals surface area contributed by atoms with Gasteiger partial charge >= 0.3 is 0 Å². The number of ether oxygens (including phenoxy) is 1. The van der Waals surface area contributed by atoms with Crippen LogP contribution in [0, 0.1) is 0 Å². The van der Waals surface area contributed by atoms with E-state index in [0.29, 0.717) is 22.4 Å². The molecule has 3 nitrogen and oxygen atoms in total. The van der Waals surface area contributed by atoms with Gasteiger partial charge in [0.25, 0.3) is 0 Å². The van der Waals surface area contributed by atoms with Crippen LogP contribution in [0.25, 0.3) is 0 Å². The van der Waals surface area contributed by atoms with E-state index >= 15 is 0 Å². The van der Waals surface area contributed by atoms with Crippen LogP contribution in [0.5, 0.6) is 5.75 Å². The number of hydrogen-bond acceptors (Lipinski definition) is 2. The standard InChI is InChI=1S/C13H13BrCl2N2O/c1-3-10-13(14)11(18(2)17-10)7-19-12-5-4-8(15)6-9(12)16/h4-6H,3,7H2,1-2H3. The highest BCUT2D eigenvalue weighted by atomic mass is 79.9. The Kier molecular flexibility index (Phi) is 4.76. The van der Waals surface area contributed by atoms with Gasteiger partial charge in [0, 0.05) is 12.1 Å². The third kappa shape index (κ3) is 3.25. The molecule has 0 saturated heterocycles. The lowest BCUT2D eigenvalue weighted by molar-refractivity contribution is 0.294. The largest absolute Gasteiger partial charge is 0.486 e. The van der Waals surface area contributed by atoms with Crippen molar-refractivity contribution in [2.75, 3.05) is 0 Å². The molecule has 0 aliphatic heterocycles. The molecule has 102 valence electrons. The van der Waals surface area contributed by atoms with E-state index in [-0.39, 0.29) is 0 Å². The van der Waals surface area contributed by atoms with Crippen molar-refractivity contribution in [3.05, 3.63) is 44.1 Å². The summed E-state index contributed by atoms with van der Waals surface area (Å²) in [7, 11) is 1.89. The van der Waals surface area contributed by atoms with E-state index in [4.69, 9.17) is 27.9 Å². The Morgan fingerprint density at radius 3 is 2.68 bits per heavy atom. The minimum Gasteiger partial charge on any atom is -0.486 e. The van der Waals surface area contributed by atoms with Crippen LogP contribution in [0.1, 0.15) is 18.3 Å². The van der Waals surface area contributed by atoms with Gasteiger partial charge in [-0.05, 0) is 40.5 Å². The Morgan fingerprint density at radius 2 is 2.11 bits per heavy atom. The van der Waals surface area contributed by atoms with Gasteiger partial charge in [0.1, 0.15) is 12.4 Å². The van der Waals surface area contributed by atoms with Crippen molar-refractivity contribution in [2.45, 2.75) is 20.0 Å². The summed E-state index contributed by atoms with van der Waals surface area (Å²) in [5.41, 5.74) is 1.99. The molecule has 0 aliphatic rings. The minimum absolute atomic E-state index is 0.394. The van der Waals surface area contributed by atoms with E-state index in [1.54, 1.807) is 18.2 Å². The summed E-state index contributed by atoms with van der Waals surface area (Å²) in [5.74, 6) is 0.609. The first kappa shape index (κ1) is 14.7. The fourth-order valence-corrected chi connectivity index (χ4v) is 2.91. The first-order valence-electron chi connectivity index (χ1n) is 5.81. The maximum atomic E-state index is 6.06. The summed E-state index contributed by atoms with van der Waals surface area (Å²) < 4.78 is 8.52. The highest BCUT2D eigenvalue weighted by molar-refractivity contribution is 9.10. The Labute approximate surface area is 130 Å². The predicted octanol–water partition coefficient (Wildman–Crippen LogP) is 4.63. The fourth-order valence-electron chi connectivity index (χ4n) is 1.72. The van der Waals surface area contributed by atoms with Gasteiger partial charge in [-0.2, -0.15) is 5.10 Å². The van der Waals surface area contributed by atoms with Gasteiger partial charge in [-0.3, -0.25) is 4.68 Å². The molecule has 0 amide bonds. The highest BCUT2D eigenvalue weighted by Gasteiger charge is 2.13. The van der Waals surface area contributed by atoms with Gasteiger partial charge in [-0.1, -0.05) is 30.1 Å². The molecule has 0 unspecified atom stereocenters. The van der Waals surface area contributed by atoms with Crippen LogP contribution in [0.2, 0.25) is 10.0 Å². The molecule has 1 heterocycles. The maximum Gasteiger partial charge on any atom is 0.138 e. The quantitative estimate of drug-likeness (QED) is 0.791. The molecule has 0 radical (unpaired) electrons. The van der Waals surface area contributed by atoms with Gasteiger partial charge in [0.05, 0.1) is 20.9 Å². The first-order chi connectivity index (χ1) is 9.02. The first-order valence-corrected chi connectivity index (χ1v) is 7.36. The Morgan fingerprint density at radius 1 is 1.37 bits per heavy atom. The van der Waals surface area contributed by atoms with Crippen LogP contribution in [0.3, 0.4) is 0 Å². The van der Waals surface area contributed by atoms with E-state index in [2.05, 4.69) is 28.0 Å². The minimum atomic E-state index is 0.394. The summed E-state index contributed by atoms with van der Waals surface area (Å²) in [6.07, 6.45) is 0.871. The second-order valence-electron chi connectivity index (χ2n) is 4.05. The van der Waals surface area contributed by atoms with Gasteiger partial charge in [-0.15, -0.1) is 0 Å². The lowest BCUT2D eigenvalue weighted by Crippen LogP contribution is -2.03. The second kappa shape index (κ2) is 6.16. The molecule has 0 fully saturated rings. The van der Waals surface area contributed by atoms with Crippen LogP contribution in [-0.2, 0) is 20.1 Å². The van der Waals surface area contributed by atoms with E-state index in [9.17, 15) is 0 Å². The van der Waals surface area contributed by atoms with Crippen molar-refractivity contribution in [1.82, 2.24) is 9.78 Å². The van der Waals surface area contributed by atoms with Crippen LogP contribution in [0.15, 0.2) is 22.7 Å². The lowest BCUT2D eigenvalue weighted by atomic mass is 10.3. The van der Waals surface area contributed by atoms with E-state index in [1.807, 2.05) is 11.7 Å². The van der Waals surface area contributed by atoms with Crippen LogP contribution >= 0.6 is 39.1 Å². The van der Waals surface area contributed by atoms with Gasteiger partial charge in [0.2, 0.25) is 0 Å². The average Bonchev–Trinajstić information content (AvgIpc) is 2.64. The molecule has 2 rings (SSSR count). The number of aromatic nitrogens is 2. The summed E-state index contributed by atoms with van der Waals surface area (Å²) in [5, 5.41) is 5.50. The molecule has 1 aromatic heterocycles. The Hall–Kier alpha value is -0.710. The van der Waals surface area contributed by atoms with E-state index in [1.165, 1.54) is 0 Å². The molecule has 0 aliphatic carbocycles. The number of rotatable bonds is 4. The monoisotopic (exact) mass is 362 g/mol. The van der Waals surface area contributed by atoms with Crippen LogP contribution in [0.4, 0.5) is 0 Å². The third-order valence-electron chi connectivity index (χ3n) is 2.76. The molecule has 0 spiro atoms. The number of nitrogens with zero attached hydrogens (tertiary/aromatic N) is 2. The second-order valence-corrected chi connectivity index (χ2v) is 5.68. The summed E-state index contributed by atoms with van der Waals surface area (Å²) in [6, 6.07) is 5.17. The molecule has 19 heavy (non-hydrogen) atoms. The van der Waals surface area contributed by atoms with Crippen LogP contribution < -0.4 is 4.74 Å². The molecule has 0 N–H and O–H groups in total.